The normalized spacial score (nSPS) is 15.2. The lowest BCUT2D eigenvalue weighted by molar-refractivity contribution is -0.138. The summed E-state index contributed by atoms with van der Waals surface area (Å²) in [5.74, 6) is -1.76. The van der Waals surface area contributed by atoms with Crippen molar-refractivity contribution in [2.75, 3.05) is 46.9 Å². The number of hydrogen-bond acceptors (Lipinski definition) is 10. The number of amides is 7. The van der Waals surface area contributed by atoms with E-state index in [1.807, 2.05) is 0 Å². The van der Waals surface area contributed by atoms with Crippen LogP contribution in [0.2, 0.25) is 0 Å². The summed E-state index contributed by atoms with van der Waals surface area (Å²) in [7, 11) is 4.18. The highest BCUT2D eigenvalue weighted by atomic mass is 32.2. The van der Waals surface area contributed by atoms with Crippen LogP contribution in [-0.2, 0) is 33.4 Å². The maximum atomic E-state index is 12.5. The summed E-state index contributed by atoms with van der Waals surface area (Å²) in [6.45, 7) is 0.692. The minimum atomic E-state index is -0.883. The predicted octanol–water partition coefficient (Wildman–Crippen LogP) is -2.23. The summed E-state index contributed by atoms with van der Waals surface area (Å²) < 4.78 is 9.01. The average molecular weight is 572 g/mol. The number of methoxy groups -OCH3 is 2. The third-order valence-electron chi connectivity index (χ3n) is 5.64. The standard InChI is InChI=1S/C22H37BN6O9S/c1-37-21(35)27-8-4-3-5-14(28-22(36)38-2)19(33)26-9-6-16(30)24-10-11-25-17(31)7-12-29-18(32)13-15(39-23)20(29)34/h14-15H,3-13,23H2,1-2H3,(H,24,30)(H,25,31)(H,26,33)(H,27,35)(H,28,36). The topological polar surface area (TPSA) is 201 Å². The molecule has 0 radical (unpaired) electrons. The monoisotopic (exact) mass is 572 g/mol. The van der Waals surface area contributed by atoms with Gasteiger partial charge in [0.15, 0.2) is 7.12 Å². The number of hydrogen-bond donors (Lipinski definition) is 5. The van der Waals surface area contributed by atoms with Crippen LogP contribution in [0.5, 0.6) is 0 Å². The fourth-order valence-corrected chi connectivity index (χ4v) is 4.13. The molecule has 39 heavy (non-hydrogen) atoms. The van der Waals surface area contributed by atoms with Crippen LogP contribution in [0, 0.1) is 0 Å². The van der Waals surface area contributed by atoms with Crippen LogP contribution >= 0.6 is 11.6 Å². The molecule has 17 heteroatoms. The SMILES string of the molecule is BSC1CC(=O)N(CCC(=O)NCCNC(=O)CCNC(=O)C(CCCCNC(=O)OC)NC(=O)OC)C1=O. The smallest absolute Gasteiger partial charge is 0.407 e. The maximum Gasteiger partial charge on any atom is 0.407 e. The largest absolute Gasteiger partial charge is 0.453 e. The van der Waals surface area contributed by atoms with E-state index in [9.17, 15) is 33.6 Å². The quantitative estimate of drug-likeness (QED) is 0.0722. The molecule has 1 fully saturated rings. The van der Waals surface area contributed by atoms with Crippen molar-refractivity contribution < 1.29 is 43.0 Å². The van der Waals surface area contributed by atoms with Gasteiger partial charge in [-0.05, 0) is 19.3 Å². The van der Waals surface area contributed by atoms with Crippen molar-refractivity contribution >= 4 is 60.5 Å². The first-order valence-corrected chi connectivity index (χ1v) is 13.8. The third kappa shape index (κ3) is 13.2. The fourth-order valence-electron chi connectivity index (χ4n) is 3.49. The molecule has 0 aromatic rings. The van der Waals surface area contributed by atoms with Crippen molar-refractivity contribution in [1.29, 1.82) is 0 Å². The van der Waals surface area contributed by atoms with Crippen LogP contribution in [0.1, 0.15) is 38.5 Å². The second-order valence-corrected chi connectivity index (χ2v) is 9.45. The Kier molecular flexibility index (Phi) is 16.1. The first kappa shape index (κ1) is 33.5. The Morgan fingerprint density at radius 1 is 0.897 bits per heavy atom. The first-order chi connectivity index (χ1) is 18.6. The summed E-state index contributed by atoms with van der Waals surface area (Å²) in [5, 5.41) is 12.4. The minimum absolute atomic E-state index is 0.0167. The highest BCUT2D eigenvalue weighted by Gasteiger charge is 2.37. The number of carbonyl (C=O) groups is 7. The van der Waals surface area contributed by atoms with Gasteiger partial charge >= 0.3 is 12.2 Å². The summed E-state index contributed by atoms with van der Waals surface area (Å²) in [4.78, 5) is 84.1. The van der Waals surface area contributed by atoms with E-state index < -0.39 is 29.4 Å². The Morgan fingerprint density at radius 3 is 2.13 bits per heavy atom. The van der Waals surface area contributed by atoms with Gasteiger partial charge in [-0.1, -0.05) is 0 Å². The van der Waals surface area contributed by atoms with Crippen molar-refractivity contribution in [3.05, 3.63) is 0 Å². The summed E-state index contributed by atoms with van der Waals surface area (Å²) >= 11 is 1.31. The van der Waals surface area contributed by atoms with Crippen LogP contribution in [-0.4, -0.2) is 112 Å². The van der Waals surface area contributed by atoms with E-state index in [4.69, 9.17) is 0 Å². The summed E-state index contributed by atoms with van der Waals surface area (Å²) in [6.07, 6.45) is 0.112. The molecule has 15 nitrogen and oxygen atoms in total. The lowest BCUT2D eigenvalue weighted by Crippen LogP contribution is -2.47. The molecule has 0 aromatic carbocycles. The Bertz CT molecular complexity index is 894. The van der Waals surface area contributed by atoms with Crippen LogP contribution in [0.4, 0.5) is 9.59 Å². The number of alkyl carbamates (subject to hydrolysis) is 2. The van der Waals surface area contributed by atoms with Gasteiger partial charge in [0, 0.05) is 52.0 Å². The van der Waals surface area contributed by atoms with Gasteiger partial charge in [-0.25, -0.2) is 21.2 Å². The van der Waals surface area contributed by atoms with Crippen molar-refractivity contribution in [2.24, 2.45) is 0 Å². The van der Waals surface area contributed by atoms with Crippen molar-refractivity contribution in [3.8, 4) is 0 Å². The van der Waals surface area contributed by atoms with Gasteiger partial charge in [-0.15, -0.1) is 0 Å². The fraction of sp³-hybridized carbons (Fsp3) is 0.682. The number of unbranched alkanes of at least 4 members (excludes halogenated alkanes) is 1. The van der Waals surface area contributed by atoms with Crippen LogP contribution in [0.15, 0.2) is 0 Å². The molecule has 1 saturated heterocycles. The first-order valence-electron chi connectivity index (χ1n) is 12.5. The Balaban J connectivity index is 2.24. The van der Waals surface area contributed by atoms with Crippen LogP contribution in [0.25, 0.3) is 0 Å². The van der Waals surface area contributed by atoms with E-state index in [0.717, 1.165) is 4.90 Å². The molecular formula is C22H37BN6O9S. The van der Waals surface area contributed by atoms with Gasteiger partial charge in [-0.2, -0.15) is 0 Å². The van der Waals surface area contributed by atoms with E-state index in [0.29, 0.717) is 19.4 Å². The number of nitrogens with zero attached hydrogens (tertiary/aromatic N) is 1. The van der Waals surface area contributed by atoms with Gasteiger partial charge in [0.25, 0.3) is 0 Å². The highest BCUT2D eigenvalue weighted by molar-refractivity contribution is 8.20. The molecule has 2 atom stereocenters. The van der Waals surface area contributed by atoms with Crippen LogP contribution < -0.4 is 26.6 Å². The molecule has 218 valence electrons. The molecule has 2 unspecified atom stereocenters. The predicted molar refractivity (Wildman–Crippen MR) is 143 cm³/mol. The van der Waals surface area contributed by atoms with E-state index in [-0.39, 0.29) is 75.5 Å². The Morgan fingerprint density at radius 2 is 1.54 bits per heavy atom. The molecule has 0 saturated carbocycles. The number of carbonyl (C=O) groups excluding carboxylic acids is 7. The van der Waals surface area contributed by atoms with Crippen molar-refractivity contribution in [3.63, 3.8) is 0 Å². The Labute approximate surface area is 231 Å². The molecule has 0 bridgehead atoms. The average Bonchev–Trinajstić information content (AvgIpc) is 3.20. The molecule has 1 aliphatic rings. The van der Waals surface area contributed by atoms with E-state index in [1.54, 1.807) is 7.12 Å². The summed E-state index contributed by atoms with van der Waals surface area (Å²) in [6, 6.07) is -0.883. The van der Waals surface area contributed by atoms with E-state index in [2.05, 4.69) is 36.1 Å². The van der Waals surface area contributed by atoms with E-state index in [1.165, 1.54) is 25.8 Å². The number of likely N-dealkylation sites (tertiary alicyclic amines) is 1. The van der Waals surface area contributed by atoms with Gasteiger partial charge in [0.05, 0.1) is 19.5 Å². The minimum Gasteiger partial charge on any atom is -0.453 e. The molecule has 1 aliphatic heterocycles. The molecule has 0 spiro atoms. The van der Waals surface area contributed by atoms with E-state index >= 15 is 0 Å². The van der Waals surface area contributed by atoms with Gasteiger partial charge < -0.3 is 36.1 Å². The molecule has 5 N–H and O–H groups in total. The number of rotatable bonds is 17. The second-order valence-electron chi connectivity index (χ2n) is 8.41. The third-order valence-corrected chi connectivity index (χ3v) is 6.58. The van der Waals surface area contributed by atoms with Crippen LogP contribution in [0.3, 0.4) is 0 Å². The molecule has 0 aromatic heterocycles. The lowest BCUT2D eigenvalue weighted by atomic mass is 10.1. The van der Waals surface area contributed by atoms with Gasteiger partial charge in [-0.3, -0.25) is 28.9 Å². The summed E-state index contributed by atoms with van der Waals surface area (Å²) in [5.41, 5.74) is 0. The number of ether oxygens (including phenoxy) is 2. The van der Waals surface area contributed by atoms with Gasteiger partial charge in [0.1, 0.15) is 6.04 Å². The lowest BCUT2D eigenvalue weighted by Gasteiger charge is -2.17. The maximum absolute atomic E-state index is 12.5. The highest BCUT2D eigenvalue weighted by Crippen LogP contribution is 2.22. The molecular weight excluding hydrogens is 535 g/mol. The zero-order valence-corrected chi connectivity index (χ0v) is 23.3. The molecule has 7 amide bonds. The van der Waals surface area contributed by atoms with Crippen molar-refractivity contribution in [1.82, 2.24) is 31.5 Å². The molecule has 1 rings (SSSR count). The molecule has 1 heterocycles. The number of imide groups is 1. The zero-order valence-electron chi connectivity index (χ0n) is 22.5. The van der Waals surface area contributed by atoms with Gasteiger partial charge in [0.2, 0.25) is 29.5 Å². The second kappa shape index (κ2) is 18.7. The zero-order chi connectivity index (χ0) is 29.2. The Hall–Kier alpha value is -3.50. The number of nitrogens with one attached hydrogen (secondary N) is 5. The molecule has 0 aliphatic carbocycles. The van der Waals surface area contributed by atoms with Crippen molar-refractivity contribution in [2.45, 2.75) is 49.8 Å².